The molecular weight excluding hydrogens is 352 g/mol. The second-order valence-electron chi connectivity index (χ2n) is 7.47. The maximum absolute atomic E-state index is 12.5. The molecule has 0 saturated carbocycles. The van der Waals surface area contributed by atoms with Gasteiger partial charge in [0.05, 0.1) is 11.9 Å². The van der Waals surface area contributed by atoms with E-state index in [1.54, 1.807) is 19.4 Å². The van der Waals surface area contributed by atoms with E-state index < -0.39 is 0 Å². The van der Waals surface area contributed by atoms with Crippen LogP contribution < -0.4 is 5.32 Å². The first-order valence-electron chi connectivity index (χ1n) is 9.91. The van der Waals surface area contributed by atoms with Crippen LogP contribution in [-0.2, 0) is 17.6 Å². The smallest absolute Gasteiger partial charge is 0.274 e. The first-order valence-corrected chi connectivity index (χ1v) is 9.91. The van der Waals surface area contributed by atoms with Gasteiger partial charge in [-0.25, -0.2) is 4.98 Å². The van der Waals surface area contributed by atoms with Crippen molar-refractivity contribution >= 4 is 11.8 Å². The second kappa shape index (κ2) is 9.44. The largest absolute Gasteiger partial charge is 0.359 e. The van der Waals surface area contributed by atoms with Crippen LogP contribution in [0.5, 0.6) is 0 Å². The molecule has 1 aromatic heterocycles. The lowest BCUT2D eigenvalue weighted by Gasteiger charge is -2.31. The summed E-state index contributed by atoms with van der Waals surface area (Å²) in [5.41, 5.74) is 3.75. The average molecular weight is 380 g/mol. The Labute approximate surface area is 166 Å². The Bertz CT molecular complexity index is 794. The van der Waals surface area contributed by atoms with Crippen molar-refractivity contribution in [3.8, 4) is 0 Å². The first kappa shape index (κ1) is 20.0. The molecule has 148 valence electrons. The van der Waals surface area contributed by atoms with E-state index in [4.69, 9.17) is 0 Å². The summed E-state index contributed by atoms with van der Waals surface area (Å²) in [5.74, 6) is 0.637. The molecular formula is C22H28N4O2. The number of rotatable bonds is 6. The molecule has 2 aromatic rings. The summed E-state index contributed by atoms with van der Waals surface area (Å²) in [6, 6.07) is 8.57. The Morgan fingerprint density at radius 2 is 1.75 bits per heavy atom. The highest BCUT2D eigenvalue weighted by molar-refractivity contribution is 5.92. The van der Waals surface area contributed by atoms with Crippen molar-refractivity contribution in [1.82, 2.24) is 20.2 Å². The van der Waals surface area contributed by atoms with Gasteiger partial charge in [-0.3, -0.25) is 14.6 Å². The van der Waals surface area contributed by atoms with Gasteiger partial charge in [0.15, 0.2) is 0 Å². The summed E-state index contributed by atoms with van der Waals surface area (Å²) in [7, 11) is 1.67. The maximum Gasteiger partial charge on any atom is 0.274 e. The number of carbonyl (C=O) groups excluding carboxylic acids is 2. The van der Waals surface area contributed by atoms with Crippen molar-refractivity contribution in [2.45, 2.75) is 39.0 Å². The summed E-state index contributed by atoms with van der Waals surface area (Å²) in [6.45, 7) is 3.40. The van der Waals surface area contributed by atoms with Gasteiger partial charge >= 0.3 is 0 Å². The van der Waals surface area contributed by atoms with Gasteiger partial charge < -0.3 is 10.2 Å². The molecule has 0 spiro atoms. The number of amides is 2. The Kier molecular flexibility index (Phi) is 6.74. The Morgan fingerprint density at radius 3 is 2.36 bits per heavy atom. The molecule has 2 amide bonds. The van der Waals surface area contributed by atoms with Crippen LogP contribution >= 0.6 is 0 Å². The molecule has 2 heterocycles. The summed E-state index contributed by atoms with van der Waals surface area (Å²) < 4.78 is 0. The molecule has 28 heavy (non-hydrogen) atoms. The van der Waals surface area contributed by atoms with Crippen molar-refractivity contribution in [2.24, 2.45) is 5.92 Å². The van der Waals surface area contributed by atoms with E-state index >= 15 is 0 Å². The van der Waals surface area contributed by atoms with Gasteiger partial charge in [-0.05, 0) is 49.7 Å². The lowest BCUT2D eigenvalue weighted by Crippen LogP contribution is -2.39. The van der Waals surface area contributed by atoms with E-state index in [9.17, 15) is 9.59 Å². The number of piperidine rings is 1. The minimum atomic E-state index is -0.0218. The maximum atomic E-state index is 12.5. The number of benzene rings is 1. The van der Waals surface area contributed by atoms with Crippen LogP contribution in [0, 0.1) is 12.8 Å². The fourth-order valence-corrected chi connectivity index (χ4v) is 3.56. The fraction of sp³-hybridized carbons (Fsp3) is 0.455. The molecule has 1 fully saturated rings. The number of hydrogen-bond donors (Lipinski definition) is 1. The van der Waals surface area contributed by atoms with Crippen molar-refractivity contribution in [1.29, 1.82) is 0 Å². The normalized spacial score (nSPS) is 14.7. The average Bonchev–Trinajstić information content (AvgIpc) is 2.73. The number of aromatic nitrogens is 2. The van der Waals surface area contributed by atoms with Gasteiger partial charge in [0, 0.05) is 32.8 Å². The highest BCUT2D eigenvalue weighted by Crippen LogP contribution is 2.23. The standard InChI is InChI=1S/C22H28N4O2/c1-16-14-25-20(15-24-16)22(28)26-11-9-19(10-12-26)13-18-5-3-17(4-6-18)7-8-21(27)23-2/h3-6,14-15,19H,7-13H2,1-2H3,(H,23,27). The topological polar surface area (TPSA) is 75.2 Å². The zero-order valence-electron chi connectivity index (χ0n) is 16.6. The van der Waals surface area contributed by atoms with E-state index in [-0.39, 0.29) is 11.8 Å². The SMILES string of the molecule is CNC(=O)CCc1ccc(CC2CCN(C(=O)c3cnc(C)cn3)CC2)cc1. The summed E-state index contributed by atoms with van der Waals surface area (Å²) in [4.78, 5) is 34.1. The molecule has 1 aliphatic heterocycles. The monoisotopic (exact) mass is 380 g/mol. The van der Waals surface area contributed by atoms with E-state index in [0.29, 0.717) is 18.0 Å². The molecule has 1 aliphatic rings. The van der Waals surface area contributed by atoms with Crippen molar-refractivity contribution in [3.05, 3.63) is 59.2 Å². The number of likely N-dealkylation sites (tertiary alicyclic amines) is 1. The minimum Gasteiger partial charge on any atom is -0.359 e. The summed E-state index contributed by atoms with van der Waals surface area (Å²) >= 11 is 0. The molecule has 6 nitrogen and oxygen atoms in total. The number of aryl methyl sites for hydroxylation is 2. The second-order valence-corrected chi connectivity index (χ2v) is 7.47. The van der Waals surface area contributed by atoms with E-state index in [1.165, 1.54) is 11.1 Å². The molecule has 6 heteroatoms. The molecule has 0 radical (unpaired) electrons. The lowest BCUT2D eigenvalue weighted by atomic mass is 9.89. The van der Waals surface area contributed by atoms with Crippen molar-refractivity contribution in [3.63, 3.8) is 0 Å². The Hall–Kier alpha value is -2.76. The molecule has 3 rings (SSSR count). The van der Waals surface area contributed by atoms with Crippen LogP contribution in [0.25, 0.3) is 0 Å². The highest BCUT2D eigenvalue weighted by atomic mass is 16.2. The third-order valence-electron chi connectivity index (χ3n) is 5.37. The minimum absolute atomic E-state index is 0.0218. The quantitative estimate of drug-likeness (QED) is 0.836. The Morgan fingerprint density at radius 1 is 1.07 bits per heavy atom. The van der Waals surface area contributed by atoms with Crippen LogP contribution in [0.3, 0.4) is 0 Å². The van der Waals surface area contributed by atoms with Gasteiger partial charge in [0.2, 0.25) is 5.91 Å². The molecule has 0 atom stereocenters. The third-order valence-corrected chi connectivity index (χ3v) is 5.37. The van der Waals surface area contributed by atoms with Gasteiger partial charge in [0.1, 0.15) is 5.69 Å². The van der Waals surface area contributed by atoms with Crippen LogP contribution in [-0.4, -0.2) is 46.8 Å². The molecule has 1 N–H and O–H groups in total. The van der Waals surface area contributed by atoms with Crippen LogP contribution in [0.1, 0.15) is 46.6 Å². The predicted octanol–water partition coefficient (Wildman–Crippen LogP) is 2.56. The van der Waals surface area contributed by atoms with E-state index in [2.05, 4.69) is 39.6 Å². The fourth-order valence-electron chi connectivity index (χ4n) is 3.56. The highest BCUT2D eigenvalue weighted by Gasteiger charge is 2.24. The van der Waals surface area contributed by atoms with Gasteiger partial charge in [0.25, 0.3) is 5.91 Å². The van der Waals surface area contributed by atoms with Crippen LogP contribution in [0.4, 0.5) is 0 Å². The van der Waals surface area contributed by atoms with E-state index in [0.717, 1.165) is 44.5 Å². The third kappa shape index (κ3) is 5.38. The predicted molar refractivity (Wildman–Crippen MR) is 108 cm³/mol. The number of nitrogens with one attached hydrogen (secondary N) is 1. The molecule has 0 aliphatic carbocycles. The van der Waals surface area contributed by atoms with Crippen molar-refractivity contribution in [2.75, 3.05) is 20.1 Å². The molecule has 1 saturated heterocycles. The zero-order chi connectivity index (χ0) is 19.9. The van der Waals surface area contributed by atoms with Crippen LogP contribution in [0.2, 0.25) is 0 Å². The lowest BCUT2D eigenvalue weighted by molar-refractivity contribution is -0.120. The van der Waals surface area contributed by atoms with Crippen LogP contribution in [0.15, 0.2) is 36.7 Å². The summed E-state index contributed by atoms with van der Waals surface area (Å²) in [5, 5.41) is 2.65. The molecule has 0 unspecified atom stereocenters. The molecule has 0 bridgehead atoms. The number of hydrogen-bond acceptors (Lipinski definition) is 4. The van der Waals surface area contributed by atoms with E-state index in [1.807, 2.05) is 11.8 Å². The zero-order valence-corrected chi connectivity index (χ0v) is 16.6. The number of carbonyl (C=O) groups is 2. The van der Waals surface area contributed by atoms with Gasteiger partial charge in [-0.1, -0.05) is 24.3 Å². The van der Waals surface area contributed by atoms with Gasteiger partial charge in [-0.15, -0.1) is 0 Å². The first-order chi connectivity index (χ1) is 13.5. The van der Waals surface area contributed by atoms with Gasteiger partial charge in [-0.2, -0.15) is 0 Å². The van der Waals surface area contributed by atoms with Crippen molar-refractivity contribution < 1.29 is 9.59 Å². The Balaban J connectivity index is 1.47. The molecule has 1 aromatic carbocycles. The number of nitrogens with zero attached hydrogens (tertiary/aromatic N) is 3. The summed E-state index contributed by atoms with van der Waals surface area (Å²) in [6.07, 6.45) is 7.53.